The van der Waals surface area contributed by atoms with Crippen LogP contribution in [-0.4, -0.2) is 20.6 Å². The maximum Gasteiger partial charge on any atom is 0.337 e. The Balaban J connectivity index is 2.25. The number of carbonyl (C=O) groups is 1. The Labute approximate surface area is 106 Å². The number of fused-ring (bicyclic) bond motifs is 1. The van der Waals surface area contributed by atoms with E-state index in [2.05, 4.69) is 4.98 Å². The molecule has 0 bridgehead atoms. The number of para-hydroxylation sites is 1. The third-order valence-corrected chi connectivity index (χ3v) is 2.94. The number of hydrogen-bond donors (Lipinski definition) is 2. The summed E-state index contributed by atoms with van der Waals surface area (Å²) in [6, 6.07) is 6.48. The van der Waals surface area contributed by atoms with Crippen LogP contribution in [0.25, 0.3) is 11.0 Å². The second-order valence-corrected chi connectivity index (χ2v) is 4.15. The van der Waals surface area contributed by atoms with Crippen LogP contribution in [0.4, 0.5) is 0 Å². The number of aromatic amines is 1. The third-order valence-electron chi connectivity index (χ3n) is 2.94. The number of nitrogens with one attached hydrogen (secondary N) is 1. The van der Waals surface area contributed by atoms with E-state index in [1.54, 1.807) is 18.2 Å². The predicted octanol–water partition coefficient (Wildman–Crippen LogP) is 1.67. The highest BCUT2D eigenvalue weighted by Crippen LogP contribution is 2.17. The Morgan fingerprint density at radius 3 is 2.89 bits per heavy atom. The van der Waals surface area contributed by atoms with Crippen molar-refractivity contribution in [3.8, 4) is 0 Å². The number of rotatable bonds is 3. The highest BCUT2D eigenvalue weighted by Gasteiger charge is 2.15. The number of carboxylic acid groups (broad SMARTS) is 1. The second kappa shape index (κ2) is 4.16. The summed E-state index contributed by atoms with van der Waals surface area (Å²) in [6.07, 6.45) is 3.03. The Morgan fingerprint density at radius 2 is 2.21 bits per heavy atom. The fraction of sp³-hybridized carbons (Fsp3) is 0.0769. The molecule has 2 aromatic heterocycles. The molecule has 0 saturated heterocycles. The van der Waals surface area contributed by atoms with Crippen molar-refractivity contribution in [3.63, 3.8) is 0 Å². The van der Waals surface area contributed by atoms with Crippen molar-refractivity contribution in [2.24, 2.45) is 0 Å². The first-order valence-electron chi connectivity index (χ1n) is 5.62. The molecule has 0 radical (unpaired) electrons. The summed E-state index contributed by atoms with van der Waals surface area (Å²) in [5.41, 5.74) is 1.45. The summed E-state index contributed by atoms with van der Waals surface area (Å²) in [4.78, 5) is 25.8. The minimum Gasteiger partial charge on any atom is -0.478 e. The van der Waals surface area contributed by atoms with Gasteiger partial charge in [0.25, 0.3) is 0 Å². The van der Waals surface area contributed by atoms with E-state index in [0.717, 1.165) is 5.56 Å². The van der Waals surface area contributed by atoms with Gasteiger partial charge in [0.15, 0.2) is 0 Å². The average molecular weight is 258 g/mol. The molecule has 2 heterocycles. The summed E-state index contributed by atoms with van der Waals surface area (Å²) >= 11 is 0. The molecule has 0 saturated carbocycles. The number of carboxylic acids is 1. The molecule has 3 rings (SSSR count). The Hall–Kier alpha value is -2.76. The van der Waals surface area contributed by atoms with E-state index in [1.165, 1.54) is 23.2 Å². The van der Waals surface area contributed by atoms with Gasteiger partial charge in [-0.2, -0.15) is 0 Å². The van der Waals surface area contributed by atoms with Crippen molar-refractivity contribution < 1.29 is 14.3 Å². The fourth-order valence-electron chi connectivity index (χ4n) is 2.11. The highest BCUT2D eigenvalue weighted by atomic mass is 16.4. The van der Waals surface area contributed by atoms with E-state index in [-0.39, 0.29) is 17.8 Å². The van der Waals surface area contributed by atoms with Crippen molar-refractivity contribution in [3.05, 3.63) is 58.4 Å². The van der Waals surface area contributed by atoms with E-state index in [0.29, 0.717) is 11.0 Å². The Morgan fingerprint density at radius 1 is 1.37 bits per heavy atom. The molecule has 0 aliphatic rings. The molecule has 0 atom stereocenters. The lowest BCUT2D eigenvalue weighted by Gasteiger charge is -2.03. The van der Waals surface area contributed by atoms with E-state index >= 15 is 0 Å². The average Bonchev–Trinajstić information content (AvgIpc) is 2.98. The highest BCUT2D eigenvalue weighted by molar-refractivity contribution is 6.01. The van der Waals surface area contributed by atoms with E-state index in [1.807, 2.05) is 0 Å². The van der Waals surface area contributed by atoms with Crippen LogP contribution >= 0.6 is 0 Å². The summed E-state index contributed by atoms with van der Waals surface area (Å²) < 4.78 is 6.34. The molecular weight excluding hydrogens is 248 g/mol. The number of hydrogen-bond acceptors (Lipinski definition) is 3. The topological polar surface area (TPSA) is 88.2 Å². The molecule has 1 aromatic carbocycles. The first kappa shape index (κ1) is 11.3. The van der Waals surface area contributed by atoms with Crippen molar-refractivity contribution >= 4 is 17.0 Å². The van der Waals surface area contributed by atoms with Gasteiger partial charge in [0.2, 0.25) is 0 Å². The van der Waals surface area contributed by atoms with Gasteiger partial charge in [-0.1, -0.05) is 6.07 Å². The second-order valence-electron chi connectivity index (χ2n) is 4.15. The van der Waals surface area contributed by atoms with Crippen LogP contribution in [0.1, 0.15) is 15.9 Å². The van der Waals surface area contributed by atoms with Crippen LogP contribution in [0.2, 0.25) is 0 Å². The zero-order chi connectivity index (χ0) is 13.4. The van der Waals surface area contributed by atoms with Crippen LogP contribution in [0.5, 0.6) is 0 Å². The molecule has 0 spiro atoms. The largest absolute Gasteiger partial charge is 0.478 e. The number of imidazole rings is 1. The molecule has 6 heteroatoms. The molecule has 0 aliphatic heterocycles. The lowest BCUT2D eigenvalue weighted by Crippen LogP contribution is -2.18. The summed E-state index contributed by atoms with van der Waals surface area (Å²) in [7, 11) is 0. The van der Waals surface area contributed by atoms with Gasteiger partial charge in [-0.05, 0) is 18.2 Å². The lowest BCUT2D eigenvalue weighted by atomic mass is 10.2. The number of aromatic nitrogens is 2. The number of nitrogens with zero attached hydrogens (tertiary/aromatic N) is 1. The molecule has 0 amide bonds. The van der Waals surface area contributed by atoms with Crippen LogP contribution in [-0.2, 0) is 6.54 Å². The monoisotopic (exact) mass is 258 g/mol. The zero-order valence-corrected chi connectivity index (χ0v) is 9.79. The number of benzene rings is 1. The van der Waals surface area contributed by atoms with Crippen LogP contribution < -0.4 is 5.69 Å². The van der Waals surface area contributed by atoms with Gasteiger partial charge in [-0.25, -0.2) is 9.59 Å². The van der Waals surface area contributed by atoms with Crippen molar-refractivity contribution in [2.75, 3.05) is 0 Å². The van der Waals surface area contributed by atoms with Gasteiger partial charge in [-0.3, -0.25) is 4.57 Å². The zero-order valence-electron chi connectivity index (χ0n) is 9.79. The van der Waals surface area contributed by atoms with Gasteiger partial charge in [0.05, 0.1) is 35.7 Å². The molecule has 3 aromatic rings. The van der Waals surface area contributed by atoms with E-state index < -0.39 is 5.97 Å². The molecule has 2 N–H and O–H groups in total. The van der Waals surface area contributed by atoms with Crippen molar-refractivity contribution in [1.29, 1.82) is 0 Å². The smallest absolute Gasteiger partial charge is 0.337 e. The van der Waals surface area contributed by atoms with Crippen molar-refractivity contribution in [2.45, 2.75) is 6.54 Å². The number of aromatic carboxylic acids is 1. The summed E-state index contributed by atoms with van der Waals surface area (Å²) in [6.45, 7) is 0.264. The van der Waals surface area contributed by atoms with Crippen LogP contribution in [0.15, 0.2) is 46.0 Å². The normalized spacial score (nSPS) is 10.9. The minimum absolute atomic E-state index is 0.0966. The van der Waals surface area contributed by atoms with Crippen LogP contribution in [0.3, 0.4) is 0 Å². The van der Waals surface area contributed by atoms with Gasteiger partial charge in [0, 0.05) is 5.56 Å². The molecule has 96 valence electrons. The summed E-state index contributed by atoms with van der Waals surface area (Å²) in [5.74, 6) is -1.06. The quantitative estimate of drug-likeness (QED) is 0.747. The molecule has 0 fully saturated rings. The maximum atomic E-state index is 11.9. The Kier molecular flexibility index (Phi) is 2.49. The van der Waals surface area contributed by atoms with Gasteiger partial charge in [-0.15, -0.1) is 0 Å². The number of H-pyrrole nitrogens is 1. The minimum atomic E-state index is -1.06. The summed E-state index contributed by atoms with van der Waals surface area (Å²) in [5, 5.41) is 9.19. The molecule has 6 nitrogen and oxygen atoms in total. The molecule has 19 heavy (non-hydrogen) atoms. The lowest BCUT2D eigenvalue weighted by molar-refractivity contribution is 0.0698. The molecule has 0 unspecified atom stereocenters. The first-order chi connectivity index (χ1) is 9.16. The van der Waals surface area contributed by atoms with Gasteiger partial charge >= 0.3 is 11.7 Å². The first-order valence-corrected chi connectivity index (χ1v) is 5.62. The SMILES string of the molecule is O=C(O)c1cccc2[nH]c(=O)n(Cc3ccoc3)c12. The number of furan rings is 1. The molecular formula is C13H10N2O4. The van der Waals surface area contributed by atoms with E-state index in [4.69, 9.17) is 4.42 Å². The molecule has 0 aliphatic carbocycles. The standard InChI is InChI=1S/C13H10N2O4/c16-12(17)9-2-1-3-10-11(9)15(13(18)14-10)6-8-4-5-19-7-8/h1-5,7H,6H2,(H,14,18)(H,16,17). The maximum absolute atomic E-state index is 11.9. The van der Waals surface area contributed by atoms with Gasteiger partial charge in [0.1, 0.15) is 0 Å². The fourth-order valence-corrected chi connectivity index (χ4v) is 2.11. The van der Waals surface area contributed by atoms with Gasteiger partial charge < -0.3 is 14.5 Å². The third kappa shape index (κ3) is 1.83. The predicted molar refractivity (Wildman–Crippen MR) is 67.3 cm³/mol. The van der Waals surface area contributed by atoms with Crippen LogP contribution in [0, 0.1) is 0 Å². The Bertz CT molecular complexity index is 796. The van der Waals surface area contributed by atoms with E-state index in [9.17, 15) is 14.7 Å². The van der Waals surface area contributed by atoms with Crippen molar-refractivity contribution in [1.82, 2.24) is 9.55 Å².